The van der Waals surface area contributed by atoms with Crippen LogP contribution in [0, 0.1) is 0 Å². The molecule has 0 saturated heterocycles. The minimum absolute atomic E-state index is 0.172. The smallest absolute Gasteiger partial charge is 0.359 e. The molecule has 1 unspecified atom stereocenters. The van der Waals surface area contributed by atoms with E-state index in [1.165, 1.54) is 0 Å². The fourth-order valence-corrected chi connectivity index (χ4v) is 4.21. The van der Waals surface area contributed by atoms with Crippen molar-refractivity contribution in [2.45, 2.75) is 85.2 Å². The summed E-state index contributed by atoms with van der Waals surface area (Å²) >= 11 is 0. The Morgan fingerprint density at radius 1 is 0.761 bits per heavy atom. The monoisotopic (exact) mass is 626 g/mol. The number of aliphatic imine (C=N–C) groups is 1. The van der Waals surface area contributed by atoms with Crippen LogP contribution in [0.15, 0.2) is 90.2 Å². The van der Waals surface area contributed by atoms with E-state index in [1.807, 2.05) is 82.6 Å². The van der Waals surface area contributed by atoms with Crippen molar-refractivity contribution in [2.24, 2.45) is 4.99 Å². The first-order valence-corrected chi connectivity index (χ1v) is 15.0. The molecule has 0 N–H and O–H groups in total. The highest BCUT2D eigenvalue weighted by atomic mass is 16.7. The lowest BCUT2D eigenvalue weighted by Gasteiger charge is -2.32. The van der Waals surface area contributed by atoms with E-state index in [-0.39, 0.29) is 17.1 Å². The van der Waals surface area contributed by atoms with Crippen molar-refractivity contribution in [3.8, 4) is 5.69 Å². The number of aromatic nitrogens is 4. The van der Waals surface area contributed by atoms with Gasteiger partial charge in [-0.05, 0) is 84.0 Å². The molecule has 3 aromatic heterocycles. The molecule has 46 heavy (non-hydrogen) atoms. The van der Waals surface area contributed by atoms with E-state index in [0.717, 1.165) is 11.4 Å². The fraction of sp³-hybridized carbons (Fsp3) is 0.371. The standard InChI is InChI=1S/C25H29N5O3.C10H13NO2/c1-24(2,3)20-16-19(28-29(20)17-12-8-7-9-13-17)21-27-23(30(33-21)25(4,5)6)32-22(31)18-14-10-11-15-26-18;1-10(2,3)13-9(12)8-6-4-5-7-11-8/h7-16,23H,1-6H3;4-7H,1-3H3. The van der Waals surface area contributed by atoms with Gasteiger partial charge in [-0.15, -0.1) is 0 Å². The highest BCUT2D eigenvalue weighted by Gasteiger charge is 2.41. The van der Waals surface area contributed by atoms with Gasteiger partial charge in [-0.3, -0.25) is 0 Å². The molecule has 0 radical (unpaired) electrons. The largest absolute Gasteiger partial charge is 0.455 e. The van der Waals surface area contributed by atoms with Crippen LogP contribution in [-0.2, 0) is 19.7 Å². The number of hydrogen-bond acceptors (Lipinski definition) is 10. The predicted octanol–water partition coefficient (Wildman–Crippen LogP) is 6.53. The van der Waals surface area contributed by atoms with Gasteiger partial charge in [-0.1, -0.05) is 56.2 Å². The van der Waals surface area contributed by atoms with Crippen LogP contribution in [-0.4, -0.2) is 60.1 Å². The molecule has 1 atom stereocenters. The SMILES string of the molecule is CC(C)(C)OC(=O)c1ccccn1.CC(C)(C)c1cc(C2=NC(OC(=O)c3ccccn3)N(C(C)(C)C)O2)nn1-c1ccccc1. The van der Waals surface area contributed by atoms with Gasteiger partial charge in [0, 0.05) is 17.8 Å². The molecule has 5 rings (SSSR count). The second kappa shape index (κ2) is 13.6. The van der Waals surface area contributed by atoms with Crippen LogP contribution in [0.3, 0.4) is 0 Å². The zero-order chi connectivity index (χ0) is 33.7. The van der Waals surface area contributed by atoms with Crippen molar-refractivity contribution >= 4 is 17.8 Å². The molecule has 1 aromatic carbocycles. The van der Waals surface area contributed by atoms with Crippen molar-refractivity contribution in [2.75, 3.05) is 0 Å². The van der Waals surface area contributed by atoms with Gasteiger partial charge in [-0.2, -0.15) is 10.1 Å². The highest BCUT2D eigenvalue weighted by Crippen LogP contribution is 2.30. The number of hydroxylamine groups is 2. The topological polar surface area (TPSA) is 121 Å². The average molecular weight is 627 g/mol. The van der Waals surface area contributed by atoms with Crippen LogP contribution in [0.5, 0.6) is 0 Å². The number of esters is 2. The van der Waals surface area contributed by atoms with E-state index in [2.05, 4.69) is 35.7 Å². The number of ether oxygens (including phenoxy) is 2. The third kappa shape index (κ3) is 8.85. The Kier molecular flexibility index (Phi) is 10.1. The number of pyridine rings is 2. The summed E-state index contributed by atoms with van der Waals surface area (Å²) in [4.78, 5) is 42.6. The summed E-state index contributed by atoms with van der Waals surface area (Å²) < 4.78 is 12.7. The van der Waals surface area contributed by atoms with E-state index in [0.29, 0.717) is 17.3 Å². The first-order chi connectivity index (χ1) is 21.5. The highest BCUT2D eigenvalue weighted by molar-refractivity contribution is 5.93. The lowest BCUT2D eigenvalue weighted by Crippen LogP contribution is -2.46. The molecule has 4 heterocycles. The number of carbonyl (C=O) groups excluding carboxylic acids is 2. The summed E-state index contributed by atoms with van der Waals surface area (Å²) in [6.45, 7) is 17.7. The second-order valence-corrected chi connectivity index (χ2v) is 13.6. The van der Waals surface area contributed by atoms with Crippen LogP contribution in [0.25, 0.3) is 5.69 Å². The van der Waals surface area contributed by atoms with Crippen molar-refractivity contribution in [1.82, 2.24) is 24.8 Å². The Morgan fingerprint density at radius 3 is 1.83 bits per heavy atom. The molecule has 0 spiro atoms. The van der Waals surface area contributed by atoms with E-state index in [9.17, 15) is 9.59 Å². The zero-order valence-electron chi connectivity index (χ0n) is 27.9. The number of para-hydroxylation sites is 1. The van der Waals surface area contributed by atoms with Gasteiger partial charge in [0.05, 0.1) is 16.9 Å². The van der Waals surface area contributed by atoms with Crippen LogP contribution >= 0.6 is 0 Å². The van der Waals surface area contributed by atoms with Crippen molar-refractivity contribution in [3.63, 3.8) is 0 Å². The second-order valence-electron chi connectivity index (χ2n) is 13.6. The third-order valence-corrected chi connectivity index (χ3v) is 6.33. The molecule has 242 valence electrons. The molecular formula is C35H42N6O5. The van der Waals surface area contributed by atoms with Gasteiger partial charge in [0.1, 0.15) is 22.7 Å². The van der Waals surface area contributed by atoms with Gasteiger partial charge in [0.2, 0.25) is 0 Å². The molecular weight excluding hydrogens is 584 g/mol. The summed E-state index contributed by atoms with van der Waals surface area (Å²) in [5.41, 5.74) is 1.94. The zero-order valence-corrected chi connectivity index (χ0v) is 27.9. The molecule has 0 saturated carbocycles. The quantitative estimate of drug-likeness (QED) is 0.228. The molecule has 11 heteroatoms. The van der Waals surface area contributed by atoms with Crippen molar-refractivity contribution in [3.05, 3.63) is 108 Å². The van der Waals surface area contributed by atoms with Gasteiger partial charge in [0.25, 0.3) is 12.2 Å². The number of hydrogen-bond donors (Lipinski definition) is 0. The minimum Gasteiger partial charge on any atom is -0.455 e. The Bertz CT molecular complexity index is 1650. The predicted molar refractivity (Wildman–Crippen MR) is 174 cm³/mol. The molecule has 0 amide bonds. The van der Waals surface area contributed by atoms with E-state index in [4.69, 9.17) is 19.4 Å². The molecule has 0 bridgehead atoms. The first kappa shape index (κ1) is 34.0. The Hall–Kier alpha value is -4.90. The Balaban J connectivity index is 0.000000310. The van der Waals surface area contributed by atoms with Crippen LogP contribution in [0.1, 0.15) is 94.7 Å². The number of benzene rings is 1. The first-order valence-electron chi connectivity index (χ1n) is 15.0. The van der Waals surface area contributed by atoms with Gasteiger partial charge in [0.15, 0.2) is 0 Å². The van der Waals surface area contributed by atoms with Crippen molar-refractivity contribution < 1.29 is 23.9 Å². The Morgan fingerprint density at radius 2 is 1.33 bits per heavy atom. The summed E-state index contributed by atoms with van der Waals surface area (Å²) in [5.74, 6) is -0.661. The normalized spacial score (nSPS) is 15.2. The minimum atomic E-state index is -0.963. The lowest BCUT2D eigenvalue weighted by molar-refractivity contribution is -0.206. The number of carbonyl (C=O) groups is 2. The summed E-state index contributed by atoms with van der Waals surface area (Å²) in [6, 6.07) is 22.1. The third-order valence-electron chi connectivity index (χ3n) is 6.33. The average Bonchev–Trinajstić information content (AvgIpc) is 3.64. The lowest BCUT2D eigenvalue weighted by atomic mass is 9.91. The maximum Gasteiger partial charge on any atom is 0.359 e. The molecule has 4 aromatic rings. The number of rotatable bonds is 5. The van der Waals surface area contributed by atoms with Gasteiger partial charge in [-0.25, -0.2) is 24.2 Å². The summed E-state index contributed by atoms with van der Waals surface area (Å²) in [5, 5.41) is 6.36. The molecule has 1 aliphatic rings. The van der Waals surface area contributed by atoms with Gasteiger partial charge >= 0.3 is 11.9 Å². The molecule has 0 fully saturated rings. The van der Waals surface area contributed by atoms with Crippen LogP contribution in [0.2, 0.25) is 0 Å². The fourth-order valence-electron chi connectivity index (χ4n) is 4.21. The Labute approximate surface area is 270 Å². The van der Waals surface area contributed by atoms with Crippen LogP contribution < -0.4 is 0 Å². The van der Waals surface area contributed by atoms with Crippen molar-refractivity contribution in [1.29, 1.82) is 0 Å². The van der Waals surface area contributed by atoms with E-state index in [1.54, 1.807) is 53.9 Å². The van der Waals surface area contributed by atoms with Gasteiger partial charge < -0.3 is 14.3 Å². The summed E-state index contributed by atoms with van der Waals surface area (Å²) in [6.07, 6.45) is 2.15. The molecule has 0 aliphatic carbocycles. The van der Waals surface area contributed by atoms with E-state index < -0.39 is 23.5 Å². The molecule has 11 nitrogen and oxygen atoms in total. The maximum absolute atomic E-state index is 12.6. The summed E-state index contributed by atoms with van der Waals surface area (Å²) in [7, 11) is 0. The number of nitrogens with zero attached hydrogens (tertiary/aromatic N) is 6. The van der Waals surface area contributed by atoms with E-state index >= 15 is 0 Å². The van der Waals surface area contributed by atoms with Crippen LogP contribution in [0.4, 0.5) is 0 Å². The molecule has 1 aliphatic heterocycles. The maximum atomic E-state index is 12.6.